The van der Waals surface area contributed by atoms with Crippen LogP contribution >= 0.6 is 55.2 Å². The molecule has 0 aromatic heterocycles. The third-order valence-corrected chi connectivity index (χ3v) is 5.52. The van der Waals surface area contributed by atoms with E-state index in [1.165, 1.54) is 17.8 Å². The molecule has 6 heteroatoms. The molecule has 0 aliphatic rings. The molecule has 20 heavy (non-hydrogen) atoms. The van der Waals surface area contributed by atoms with Gasteiger partial charge in [0.25, 0.3) is 0 Å². The van der Waals surface area contributed by atoms with Gasteiger partial charge in [0.1, 0.15) is 5.82 Å². The van der Waals surface area contributed by atoms with Gasteiger partial charge in [-0.05, 0) is 46.3 Å². The van der Waals surface area contributed by atoms with Crippen molar-refractivity contribution in [2.45, 2.75) is 11.0 Å². The molecule has 1 unspecified atom stereocenters. The first kappa shape index (κ1) is 16.3. The van der Waals surface area contributed by atoms with Crippen LogP contribution in [0.15, 0.2) is 50.2 Å². The summed E-state index contributed by atoms with van der Waals surface area (Å²) in [5.41, 5.74) is 0.211. The number of benzene rings is 2. The minimum absolute atomic E-state index is 0.00445. The van der Waals surface area contributed by atoms with E-state index in [4.69, 9.17) is 11.6 Å². The van der Waals surface area contributed by atoms with E-state index in [1.807, 2.05) is 24.3 Å². The summed E-state index contributed by atoms with van der Waals surface area (Å²) in [5.74, 6) is -0.221. The van der Waals surface area contributed by atoms with Crippen molar-refractivity contribution >= 4 is 55.2 Å². The molecule has 2 rings (SSSR count). The van der Waals surface area contributed by atoms with Gasteiger partial charge in [-0.25, -0.2) is 4.39 Å². The standard InChI is InChI=1S/C14H10Br2ClFOS/c15-8-1-3-9(4-2-8)20-7-12(19)10-5-6-11(16)13(17)14(10)18/h1-6,12,19H,7H2. The molecule has 0 aliphatic carbocycles. The monoisotopic (exact) mass is 438 g/mol. The summed E-state index contributed by atoms with van der Waals surface area (Å²) in [6, 6.07) is 10.9. The van der Waals surface area contributed by atoms with Gasteiger partial charge >= 0.3 is 0 Å². The van der Waals surface area contributed by atoms with Gasteiger partial charge in [0.15, 0.2) is 0 Å². The highest BCUT2D eigenvalue weighted by atomic mass is 79.9. The van der Waals surface area contributed by atoms with Crippen LogP contribution in [0.25, 0.3) is 0 Å². The van der Waals surface area contributed by atoms with E-state index in [9.17, 15) is 9.50 Å². The average Bonchev–Trinajstić information content (AvgIpc) is 2.44. The Bertz CT molecular complexity index is 607. The zero-order chi connectivity index (χ0) is 14.7. The molecule has 0 fully saturated rings. The van der Waals surface area contributed by atoms with Crippen LogP contribution in [0.5, 0.6) is 0 Å². The minimum atomic E-state index is -0.908. The molecular weight excluding hydrogens is 430 g/mol. The van der Waals surface area contributed by atoms with Crippen molar-refractivity contribution in [2.24, 2.45) is 0 Å². The second-order valence-electron chi connectivity index (χ2n) is 4.05. The zero-order valence-corrected chi connectivity index (χ0v) is 14.9. The van der Waals surface area contributed by atoms with Gasteiger partial charge in [0.2, 0.25) is 0 Å². The van der Waals surface area contributed by atoms with Crippen molar-refractivity contribution < 1.29 is 9.50 Å². The van der Waals surface area contributed by atoms with Crippen LogP contribution < -0.4 is 0 Å². The van der Waals surface area contributed by atoms with Gasteiger partial charge in [0, 0.05) is 25.2 Å². The third kappa shape index (κ3) is 3.98. The molecule has 1 atom stereocenters. The highest BCUT2D eigenvalue weighted by Gasteiger charge is 2.17. The quantitative estimate of drug-likeness (QED) is 0.477. The largest absolute Gasteiger partial charge is 0.387 e. The van der Waals surface area contributed by atoms with E-state index in [2.05, 4.69) is 31.9 Å². The van der Waals surface area contributed by atoms with E-state index < -0.39 is 11.9 Å². The molecule has 0 aliphatic heterocycles. The van der Waals surface area contributed by atoms with Gasteiger partial charge in [0.05, 0.1) is 11.1 Å². The fourth-order valence-corrected chi connectivity index (χ4v) is 3.20. The Hall–Kier alpha value is -0.0700. The van der Waals surface area contributed by atoms with Gasteiger partial charge in [-0.2, -0.15) is 0 Å². The Morgan fingerprint density at radius 1 is 1.15 bits per heavy atom. The maximum absolute atomic E-state index is 14.0. The molecule has 0 radical (unpaired) electrons. The first-order chi connectivity index (χ1) is 9.49. The van der Waals surface area contributed by atoms with Crippen LogP contribution in [-0.4, -0.2) is 10.9 Å². The fraction of sp³-hybridized carbons (Fsp3) is 0.143. The maximum Gasteiger partial charge on any atom is 0.148 e. The van der Waals surface area contributed by atoms with Crippen molar-refractivity contribution in [3.05, 3.63) is 61.7 Å². The summed E-state index contributed by atoms with van der Waals surface area (Å²) in [6.07, 6.45) is -0.908. The number of hydrogen-bond donors (Lipinski definition) is 1. The maximum atomic E-state index is 14.0. The Kier molecular flexibility index (Phi) is 5.93. The highest BCUT2D eigenvalue weighted by molar-refractivity contribution is 9.10. The Labute approximate surface area is 142 Å². The molecule has 0 spiro atoms. The fourth-order valence-electron chi connectivity index (χ4n) is 1.59. The molecule has 106 valence electrons. The molecular formula is C14H10Br2ClFOS. The second-order valence-corrected chi connectivity index (χ2v) is 7.29. The number of rotatable bonds is 4. The topological polar surface area (TPSA) is 20.2 Å². The molecule has 2 aromatic rings. The van der Waals surface area contributed by atoms with Crippen molar-refractivity contribution in [2.75, 3.05) is 5.75 Å². The van der Waals surface area contributed by atoms with Crippen LogP contribution in [-0.2, 0) is 0 Å². The van der Waals surface area contributed by atoms with Crippen molar-refractivity contribution in [3.63, 3.8) is 0 Å². The number of halogens is 4. The normalized spacial score (nSPS) is 12.4. The number of aliphatic hydroxyl groups is 1. The predicted octanol–water partition coefficient (Wildman–Crippen LogP) is 5.83. The van der Waals surface area contributed by atoms with Crippen molar-refractivity contribution in [1.82, 2.24) is 0 Å². The first-order valence-electron chi connectivity index (χ1n) is 5.69. The molecule has 0 bridgehead atoms. The van der Waals surface area contributed by atoms with Crippen LogP contribution in [0, 0.1) is 5.82 Å². The molecule has 0 heterocycles. The summed E-state index contributed by atoms with van der Waals surface area (Å²) < 4.78 is 15.4. The Balaban J connectivity index is 2.07. The number of thioether (sulfide) groups is 1. The smallest absolute Gasteiger partial charge is 0.148 e. The van der Waals surface area contributed by atoms with E-state index in [0.29, 0.717) is 10.2 Å². The van der Waals surface area contributed by atoms with E-state index in [1.54, 1.807) is 6.07 Å². The number of aliphatic hydroxyl groups excluding tert-OH is 1. The zero-order valence-electron chi connectivity index (χ0n) is 10.1. The lowest BCUT2D eigenvalue weighted by Crippen LogP contribution is -2.04. The van der Waals surface area contributed by atoms with E-state index >= 15 is 0 Å². The van der Waals surface area contributed by atoms with E-state index in [0.717, 1.165) is 9.37 Å². The lowest BCUT2D eigenvalue weighted by atomic mass is 10.1. The van der Waals surface area contributed by atoms with Crippen molar-refractivity contribution in [1.29, 1.82) is 0 Å². The van der Waals surface area contributed by atoms with Crippen LogP contribution in [0.3, 0.4) is 0 Å². The molecule has 1 nitrogen and oxygen atoms in total. The third-order valence-electron chi connectivity index (χ3n) is 2.65. The molecule has 2 aromatic carbocycles. The molecule has 1 N–H and O–H groups in total. The lowest BCUT2D eigenvalue weighted by Gasteiger charge is -2.13. The average molecular weight is 441 g/mol. The molecule has 0 amide bonds. The Morgan fingerprint density at radius 3 is 2.45 bits per heavy atom. The summed E-state index contributed by atoms with van der Waals surface area (Å²) >= 11 is 13.8. The lowest BCUT2D eigenvalue weighted by molar-refractivity contribution is 0.199. The molecule has 0 saturated carbocycles. The Morgan fingerprint density at radius 2 is 1.80 bits per heavy atom. The van der Waals surface area contributed by atoms with Gasteiger partial charge < -0.3 is 5.11 Å². The van der Waals surface area contributed by atoms with Crippen LogP contribution in [0.1, 0.15) is 11.7 Å². The van der Waals surface area contributed by atoms with Gasteiger partial charge in [-0.3, -0.25) is 0 Å². The summed E-state index contributed by atoms with van der Waals surface area (Å²) in [7, 11) is 0. The first-order valence-corrected chi connectivity index (χ1v) is 8.64. The predicted molar refractivity (Wildman–Crippen MR) is 88.9 cm³/mol. The van der Waals surface area contributed by atoms with Crippen molar-refractivity contribution in [3.8, 4) is 0 Å². The van der Waals surface area contributed by atoms with Crippen LogP contribution in [0.4, 0.5) is 4.39 Å². The van der Waals surface area contributed by atoms with Gasteiger partial charge in [-0.1, -0.05) is 33.6 Å². The summed E-state index contributed by atoms with van der Waals surface area (Å²) in [5, 5.41) is 10.1. The van der Waals surface area contributed by atoms with E-state index in [-0.39, 0.29) is 10.6 Å². The second kappa shape index (κ2) is 7.27. The summed E-state index contributed by atoms with van der Waals surface area (Å²) in [6.45, 7) is 0. The van der Waals surface area contributed by atoms with Crippen LogP contribution in [0.2, 0.25) is 5.02 Å². The SMILES string of the molecule is OC(CSc1ccc(Br)cc1)c1ccc(Br)c(Cl)c1F. The molecule has 0 saturated heterocycles. The minimum Gasteiger partial charge on any atom is -0.387 e. The van der Waals surface area contributed by atoms with Gasteiger partial charge in [-0.15, -0.1) is 11.8 Å². The summed E-state index contributed by atoms with van der Waals surface area (Å²) in [4.78, 5) is 1.01. The number of hydrogen-bond acceptors (Lipinski definition) is 2. The highest BCUT2D eigenvalue weighted by Crippen LogP contribution is 2.32.